The number of hydrogen-bond donors (Lipinski definition) is 3. The van der Waals surface area contributed by atoms with Gasteiger partial charge in [-0.25, -0.2) is 4.79 Å². The first-order valence-electron chi connectivity index (χ1n) is 11.0. The number of anilines is 1. The van der Waals surface area contributed by atoms with Crippen LogP contribution in [0.1, 0.15) is 76.9 Å². The molecule has 0 spiro atoms. The third kappa shape index (κ3) is 5.50. The van der Waals surface area contributed by atoms with Crippen LogP contribution in [-0.2, 0) is 16.6 Å². The lowest BCUT2D eigenvalue weighted by atomic mass is 9.88. The zero-order valence-corrected chi connectivity index (χ0v) is 17.9. The summed E-state index contributed by atoms with van der Waals surface area (Å²) in [6.45, 7) is 4.48. The topological polar surface area (TPSA) is 97.3 Å². The van der Waals surface area contributed by atoms with E-state index < -0.39 is 0 Å². The van der Waals surface area contributed by atoms with Crippen molar-refractivity contribution in [1.82, 2.24) is 20.4 Å². The van der Waals surface area contributed by atoms with Crippen LogP contribution in [0, 0.1) is 5.92 Å². The van der Waals surface area contributed by atoms with Gasteiger partial charge in [-0.1, -0.05) is 26.7 Å². The molecule has 29 heavy (non-hydrogen) atoms. The molecule has 0 saturated carbocycles. The maximum Gasteiger partial charge on any atom is 0.407 e. The molecule has 1 aromatic heterocycles. The Bertz CT molecular complexity index is 704. The number of fused-ring (bicyclic) bond motifs is 4. The van der Waals surface area contributed by atoms with Gasteiger partial charge < -0.3 is 20.7 Å². The lowest BCUT2D eigenvalue weighted by molar-refractivity contribution is -0.119. The second-order valence-corrected chi connectivity index (χ2v) is 8.39. The second-order valence-electron chi connectivity index (χ2n) is 8.39. The Balaban J connectivity index is 1.79. The smallest absolute Gasteiger partial charge is 0.407 e. The van der Waals surface area contributed by atoms with E-state index in [1.165, 1.54) is 0 Å². The van der Waals surface area contributed by atoms with E-state index in [0.29, 0.717) is 6.61 Å². The maximum atomic E-state index is 12.6. The Morgan fingerprint density at radius 1 is 1.31 bits per heavy atom. The Labute approximate surface area is 173 Å². The van der Waals surface area contributed by atoms with Gasteiger partial charge in [-0.05, 0) is 38.5 Å². The minimum atomic E-state index is -0.341. The van der Waals surface area contributed by atoms with Crippen molar-refractivity contribution >= 4 is 17.7 Å². The number of hydrogen-bond acceptors (Lipinski definition) is 5. The highest BCUT2D eigenvalue weighted by atomic mass is 16.5. The number of aryl methyl sites for hydroxylation is 1. The molecule has 1 aromatic rings. The Morgan fingerprint density at radius 2 is 2.10 bits per heavy atom. The number of piperidine rings is 1. The summed E-state index contributed by atoms with van der Waals surface area (Å²) < 4.78 is 7.18. The summed E-state index contributed by atoms with van der Waals surface area (Å²) >= 11 is 0. The number of amides is 2. The van der Waals surface area contributed by atoms with E-state index in [1.807, 2.05) is 18.7 Å². The minimum absolute atomic E-state index is 0.0155. The van der Waals surface area contributed by atoms with Crippen LogP contribution in [0.15, 0.2) is 6.20 Å². The lowest BCUT2D eigenvalue weighted by Gasteiger charge is -2.37. The molecule has 0 radical (unpaired) electrons. The average molecular weight is 406 g/mol. The van der Waals surface area contributed by atoms with Crippen LogP contribution in [0.2, 0.25) is 0 Å². The fraction of sp³-hybridized carbons (Fsp3) is 0.762. The molecule has 3 rings (SSSR count). The normalized spacial score (nSPS) is 27.8. The van der Waals surface area contributed by atoms with Crippen LogP contribution in [0.4, 0.5) is 10.5 Å². The average Bonchev–Trinajstić information content (AvgIpc) is 3.06. The fourth-order valence-electron chi connectivity index (χ4n) is 4.36. The van der Waals surface area contributed by atoms with Crippen molar-refractivity contribution in [2.24, 2.45) is 13.0 Å². The second kappa shape index (κ2) is 10.1. The van der Waals surface area contributed by atoms with E-state index in [-0.39, 0.29) is 36.0 Å². The van der Waals surface area contributed by atoms with Gasteiger partial charge in [0.15, 0.2) is 0 Å². The molecule has 3 heterocycles. The first-order chi connectivity index (χ1) is 14.0. The summed E-state index contributed by atoms with van der Waals surface area (Å²) in [6, 6.07) is 0.241. The van der Waals surface area contributed by atoms with Crippen LogP contribution in [-0.4, -0.2) is 40.5 Å². The predicted molar refractivity (Wildman–Crippen MR) is 112 cm³/mol. The number of unbranched alkanes of at least 4 members (excludes halogenated alkanes) is 1. The van der Waals surface area contributed by atoms with Crippen molar-refractivity contribution in [2.45, 2.75) is 83.3 Å². The van der Waals surface area contributed by atoms with Gasteiger partial charge in [0.1, 0.15) is 0 Å². The third-order valence-corrected chi connectivity index (χ3v) is 6.12. The van der Waals surface area contributed by atoms with Gasteiger partial charge in [-0.3, -0.25) is 9.48 Å². The maximum absolute atomic E-state index is 12.6. The molecule has 2 aliphatic rings. The summed E-state index contributed by atoms with van der Waals surface area (Å²) in [5, 5.41) is 14.3. The number of ether oxygens (including phenoxy) is 1. The molecule has 162 valence electrons. The van der Waals surface area contributed by atoms with Crippen molar-refractivity contribution in [1.29, 1.82) is 0 Å². The molecule has 2 amide bonds. The van der Waals surface area contributed by atoms with Crippen LogP contribution >= 0.6 is 0 Å². The molecule has 0 aromatic carbocycles. The predicted octanol–water partition coefficient (Wildman–Crippen LogP) is 3.26. The minimum Gasteiger partial charge on any atom is -0.450 e. The number of alkyl carbamates (subject to hydrolysis) is 1. The molecular formula is C21H35N5O3. The van der Waals surface area contributed by atoms with Crippen LogP contribution in [0.5, 0.6) is 0 Å². The molecule has 2 unspecified atom stereocenters. The summed E-state index contributed by atoms with van der Waals surface area (Å²) in [4.78, 5) is 24.9. The number of aromatic nitrogens is 2. The lowest BCUT2D eigenvalue weighted by Crippen LogP contribution is -2.53. The summed E-state index contributed by atoms with van der Waals surface area (Å²) in [5.74, 6) is -0.0666. The van der Waals surface area contributed by atoms with E-state index in [0.717, 1.165) is 62.7 Å². The molecular weight excluding hydrogens is 370 g/mol. The van der Waals surface area contributed by atoms with Gasteiger partial charge in [0, 0.05) is 25.0 Å². The molecule has 1 fully saturated rings. The monoisotopic (exact) mass is 405 g/mol. The van der Waals surface area contributed by atoms with Crippen LogP contribution < -0.4 is 16.0 Å². The van der Waals surface area contributed by atoms with E-state index in [1.54, 1.807) is 6.20 Å². The first kappa shape index (κ1) is 21.6. The highest BCUT2D eigenvalue weighted by molar-refractivity contribution is 5.92. The molecule has 8 heteroatoms. The molecule has 2 bridgehead atoms. The quantitative estimate of drug-likeness (QED) is 0.668. The largest absolute Gasteiger partial charge is 0.450 e. The van der Waals surface area contributed by atoms with Gasteiger partial charge in [0.25, 0.3) is 0 Å². The molecule has 0 aliphatic carbocycles. The van der Waals surface area contributed by atoms with Gasteiger partial charge in [0.05, 0.1) is 30.2 Å². The zero-order chi connectivity index (χ0) is 20.8. The van der Waals surface area contributed by atoms with Crippen molar-refractivity contribution in [3.8, 4) is 0 Å². The number of rotatable bonds is 4. The van der Waals surface area contributed by atoms with Gasteiger partial charge in [0.2, 0.25) is 5.91 Å². The van der Waals surface area contributed by atoms with Crippen molar-refractivity contribution in [3.63, 3.8) is 0 Å². The SMILES string of the molecule is CCCCOC(=O)N[C@H]1CCC[C@@H](C)C(=O)Nc2cnn(C)c2C2CCCC1N2. The van der Waals surface area contributed by atoms with Crippen molar-refractivity contribution < 1.29 is 14.3 Å². The van der Waals surface area contributed by atoms with Crippen LogP contribution in [0.3, 0.4) is 0 Å². The Morgan fingerprint density at radius 3 is 2.90 bits per heavy atom. The molecule has 3 N–H and O–H groups in total. The van der Waals surface area contributed by atoms with Crippen molar-refractivity contribution in [3.05, 3.63) is 11.9 Å². The number of carbonyl (C=O) groups is 2. The standard InChI is InChI=1S/C21H35N5O3/c1-4-5-12-29-21(28)25-16-9-6-8-14(2)20(27)24-18-13-22-26(3)19(18)17-11-7-10-15(16)23-17/h13-17,23H,4-12H2,1-3H3,(H,24,27)(H,25,28)/t14-,15?,16+,17?/m1/s1. The van der Waals surface area contributed by atoms with Crippen LogP contribution in [0.25, 0.3) is 0 Å². The molecule has 8 nitrogen and oxygen atoms in total. The van der Waals surface area contributed by atoms with E-state index in [9.17, 15) is 9.59 Å². The van der Waals surface area contributed by atoms with E-state index >= 15 is 0 Å². The Kier molecular flexibility index (Phi) is 7.52. The van der Waals surface area contributed by atoms with E-state index in [2.05, 4.69) is 28.0 Å². The summed E-state index contributed by atoms with van der Waals surface area (Å²) in [5.41, 5.74) is 1.78. The number of carbonyl (C=O) groups excluding carboxylic acids is 2. The van der Waals surface area contributed by atoms with E-state index in [4.69, 9.17) is 4.74 Å². The first-order valence-corrected chi connectivity index (χ1v) is 11.0. The summed E-state index contributed by atoms with van der Waals surface area (Å²) in [7, 11) is 1.91. The molecule has 4 atom stereocenters. The van der Waals surface area contributed by atoms with Gasteiger partial charge in [-0.15, -0.1) is 0 Å². The summed E-state index contributed by atoms with van der Waals surface area (Å²) in [6.07, 6.45) is 8.77. The van der Waals surface area contributed by atoms with Gasteiger partial charge >= 0.3 is 6.09 Å². The zero-order valence-electron chi connectivity index (χ0n) is 17.9. The number of nitrogens with one attached hydrogen (secondary N) is 3. The molecule has 1 saturated heterocycles. The number of nitrogens with zero attached hydrogens (tertiary/aromatic N) is 2. The van der Waals surface area contributed by atoms with Crippen molar-refractivity contribution in [2.75, 3.05) is 11.9 Å². The third-order valence-electron chi connectivity index (χ3n) is 6.12. The van der Waals surface area contributed by atoms with Gasteiger partial charge in [-0.2, -0.15) is 5.10 Å². The highest BCUT2D eigenvalue weighted by Gasteiger charge is 2.33. The molecule has 2 aliphatic heterocycles. The Hall–Kier alpha value is -2.09. The fourth-order valence-corrected chi connectivity index (χ4v) is 4.36. The highest BCUT2D eigenvalue weighted by Crippen LogP contribution is 2.32.